The molecule has 0 radical (unpaired) electrons. The van der Waals surface area contributed by atoms with E-state index < -0.39 is 0 Å². The topological polar surface area (TPSA) is 12.0 Å². The second-order valence-electron chi connectivity index (χ2n) is 4.05. The lowest BCUT2D eigenvalue weighted by molar-refractivity contribution is 0.483. The molecule has 0 saturated heterocycles. The first kappa shape index (κ1) is 14.3. The Labute approximate surface area is 94.4 Å². The molecule has 0 rings (SSSR count). The van der Waals surface area contributed by atoms with Crippen LogP contribution in [0.25, 0.3) is 0 Å². The van der Waals surface area contributed by atoms with Crippen molar-refractivity contribution in [1.29, 1.82) is 0 Å². The van der Waals surface area contributed by atoms with Crippen molar-refractivity contribution in [3.8, 4) is 0 Å². The van der Waals surface area contributed by atoms with Crippen molar-refractivity contribution >= 4 is 11.8 Å². The molecule has 0 aliphatic rings. The molecule has 0 aliphatic carbocycles. The molecule has 0 aromatic heterocycles. The third kappa shape index (κ3) is 10.4. The van der Waals surface area contributed by atoms with E-state index in [1.54, 1.807) is 0 Å². The van der Waals surface area contributed by atoms with E-state index in [1.165, 1.54) is 50.8 Å². The first-order valence-corrected chi connectivity index (χ1v) is 7.43. The number of nitrogens with one attached hydrogen (secondary N) is 1. The minimum atomic E-state index is 0.718. The lowest BCUT2D eigenvalue weighted by Gasteiger charge is -2.12. The number of thioether (sulfide) groups is 1. The summed E-state index contributed by atoms with van der Waals surface area (Å²) >= 11 is 1.96. The average Bonchev–Trinajstić information content (AvgIpc) is 2.20. The summed E-state index contributed by atoms with van der Waals surface area (Å²) in [6, 6.07) is 0.718. The largest absolute Gasteiger partial charge is 0.314 e. The van der Waals surface area contributed by atoms with Gasteiger partial charge in [-0.15, -0.1) is 0 Å². The Morgan fingerprint density at radius 1 is 1.14 bits per heavy atom. The van der Waals surface area contributed by atoms with Crippen LogP contribution in [0, 0.1) is 0 Å². The van der Waals surface area contributed by atoms with Crippen LogP contribution in [0.5, 0.6) is 0 Å². The standard InChI is InChI=1S/C12H27NS/c1-4-5-9-12(2)13-10-7-6-8-11-14-3/h12-13H,4-11H2,1-3H3. The molecule has 0 fully saturated rings. The molecule has 0 amide bonds. The summed E-state index contributed by atoms with van der Waals surface area (Å²) in [6.07, 6.45) is 10.3. The lowest BCUT2D eigenvalue weighted by Crippen LogP contribution is -2.26. The third-order valence-electron chi connectivity index (χ3n) is 2.51. The Balaban J connectivity index is 3.02. The third-order valence-corrected chi connectivity index (χ3v) is 3.21. The van der Waals surface area contributed by atoms with Crippen LogP contribution in [-0.4, -0.2) is 24.6 Å². The van der Waals surface area contributed by atoms with Crippen LogP contribution >= 0.6 is 11.8 Å². The highest BCUT2D eigenvalue weighted by molar-refractivity contribution is 7.98. The summed E-state index contributed by atoms with van der Waals surface area (Å²) in [6.45, 7) is 5.77. The van der Waals surface area contributed by atoms with Gasteiger partial charge in [0.1, 0.15) is 0 Å². The summed E-state index contributed by atoms with van der Waals surface area (Å²) in [5.74, 6) is 1.32. The SMILES string of the molecule is CCCCC(C)NCCCCCSC. The molecule has 14 heavy (non-hydrogen) atoms. The number of unbranched alkanes of at least 4 members (excludes halogenated alkanes) is 3. The number of hydrogen-bond acceptors (Lipinski definition) is 2. The molecule has 0 aromatic rings. The highest BCUT2D eigenvalue weighted by Gasteiger charge is 1.98. The molecule has 0 aromatic carbocycles. The molecule has 0 spiro atoms. The van der Waals surface area contributed by atoms with Crippen LogP contribution in [-0.2, 0) is 0 Å². The fourth-order valence-electron chi connectivity index (χ4n) is 1.51. The van der Waals surface area contributed by atoms with Gasteiger partial charge in [0.2, 0.25) is 0 Å². The van der Waals surface area contributed by atoms with E-state index in [4.69, 9.17) is 0 Å². The molecule has 1 atom stereocenters. The lowest BCUT2D eigenvalue weighted by atomic mass is 10.1. The highest BCUT2D eigenvalue weighted by Crippen LogP contribution is 2.03. The van der Waals surface area contributed by atoms with E-state index in [1.807, 2.05) is 11.8 Å². The van der Waals surface area contributed by atoms with Gasteiger partial charge in [-0.1, -0.05) is 26.2 Å². The van der Waals surface area contributed by atoms with Crippen molar-refractivity contribution in [2.45, 2.75) is 58.4 Å². The van der Waals surface area contributed by atoms with Crippen LogP contribution in [0.1, 0.15) is 52.4 Å². The Morgan fingerprint density at radius 2 is 1.93 bits per heavy atom. The van der Waals surface area contributed by atoms with Gasteiger partial charge in [0.25, 0.3) is 0 Å². The minimum absolute atomic E-state index is 0.718. The van der Waals surface area contributed by atoms with Crippen LogP contribution in [0.3, 0.4) is 0 Å². The van der Waals surface area contributed by atoms with Gasteiger partial charge in [-0.05, 0) is 44.7 Å². The molecule has 1 N–H and O–H groups in total. The monoisotopic (exact) mass is 217 g/mol. The van der Waals surface area contributed by atoms with Gasteiger partial charge in [0.05, 0.1) is 0 Å². The van der Waals surface area contributed by atoms with Gasteiger partial charge in [-0.25, -0.2) is 0 Å². The van der Waals surface area contributed by atoms with Gasteiger partial charge < -0.3 is 5.32 Å². The van der Waals surface area contributed by atoms with E-state index in [9.17, 15) is 0 Å². The second kappa shape index (κ2) is 11.4. The molecule has 1 unspecified atom stereocenters. The Hall–Kier alpha value is 0.310. The maximum Gasteiger partial charge on any atom is 0.00387 e. The molecule has 0 saturated carbocycles. The predicted octanol–water partition coefficient (Wildman–Crippen LogP) is 3.69. The normalized spacial score (nSPS) is 13.1. The van der Waals surface area contributed by atoms with Crippen LogP contribution in [0.2, 0.25) is 0 Å². The Kier molecular flexibility index (Phi) is 11.6. The summed E-state index contributed by atoms with van der Waals surface area (Å²) in [7, 11) is 0. The van der Waals surface area contributed by atoms with Gasteiger partial charge >= 0.3 is 0 Å². The van der Waals surface area contributed by atoms with Gasteiger partial charge in [0.15, 0.2) is 0 Å². The van der Waals surface area contributed by atoms with Crippen LogP contribution < -0.4 is 5.32 Å². The molecule has 86 valence electrons. The van der Waals surface area contributed by atoms with E-state index in [0.717, 1.165) is 6.04 Å². The van der Waals surface area contributed by atoms with Crippen LogP contribution in [0.4, 0.5) is 0 Å². The molecule has 0 aliphatic heterocycles. The molecular formula is C12H27NS. The first-order chi connectivity index (χ1) is 6.81. The quantitative estimate of drug-likeness (QED) is 0.560. The zero-order chi connectivity index (χ0) is 10.6. The van der Waals surface area contributed by atoms with E-state index in [2.05, 4.69) is 25.4 Å². The zero-order valence-corrected chi connectivity index (χ0v) is 11.0. The van der Waals surface area contributed by atoms with Crippen LogP contribution in [0.15, 0.2) is 0 Å². The first-order valence-electron chi connectivity index (χ1n) is 6.03. The summed E-state index contributed by atoms with van der Waals surface area (Å²) in [4.78, 5) is 0. The maximum atomic E-state index is 3.59. The summed E-state index contributed by atoms with van der Waals surface area (Å²) in [5, 5.41) is 3.59. The molecule has 1 nitrogen and oxygen atoms in total. The van der Waals surface area contributed by atoms with Crippen molar-refractivity contribution < 1.29 is 0 Å². The van der Waals surface area contributed by atoms with Gasteiger partial charge in [-0.3, -0.25) is 0 Å². The fraction of sp³-hybridized carbons (Fsp3) is 1.00. The van der Waals surface area contributed by atoms with E-state index in [-0.39, 0.29) is 0 Å². The zero-order valence-electron chi connectivity index (χ0n) is 10.1. The van der Waals surface area contributed by atoms with Crippen molar-refractivity contribution in [3.63, 3.8) is 0 Å². The fourth-order valence-corrected chi connectivity index (χ4v) is 2.00. The molecule has 0 bridgehead atoms. The van der Waals surface area contributed by atoms with E-state index in [0.29, 0.717) is 0 Å². The summed E-state index contributed by atoms with van der Waals surface area (Å²) in [5.41, 5.74) is 0. The van der Waals surface area contributed by atoms with Crippen molar-refractivity contribution in [2.75, 3.05) is 18.6 Å². The Bertz CT molecular complexity index is 106. The van der Waals surface area contributed by atoms with Crippen molar-refractivity contribution in [3.05, 3.63) is 0 Å². The van der Waals surface area contributed by atoms with Crippen molar-refractivity contribution in [2.24, 2.45) is 0 Å². The van der Waals surface area contributed by atoms with Crippen molar-refractivity contribution in [1.82, 2.24) is 5.32 Å². The highest BCUT2D eigenvalue weighted by atomic mass is 32.2. The Morgan fingerprint density at radius 3 is 2.57 bits per heavy atom. The summed E-state index contributed by atoms with van der Waals surface area (Å²) < 4.78 is 0. The van der Waals surface area contributed by atoms with E-state index >= 15 is 0 Å². The predicted molar refractivity (Wildman–Crippen MR) is 69.2 cm³/mol. The average molecular weight is 217 g/mol. The van der Waals surface area contributed by atoms with Gasteiger partial charge in [0, 0.05) is 6.04 Å². The molecule has 0 heterocycles. The smallest absolute Gasteiger partial charge is 0.00387 e. The number of rotatable bonds is 10. The molecular weight excluding hydrogens is 190 g/mol. The molecule has 2 heteroatoms. The second-order valence-corrected chi connectivity index (χ2v) is 5.04. The number of hydrogen-bond donors (Lipinski definition) is 1. The van der Waals surface area contributed by atoms with Gasteiger partial charge in [-0.2, -0.15) is 11.8 Å². The minimum Gasteiger partial charge on any atom is -0.314 e. The maximum absolute atomic E-state index is 3.59.